The number of hydrogen-bond acceptors (Lipinski definition) is 2. The molecule has 0 fully saturated rings. The van der Waals surface area contributed by atoms with Crippen LogP contribution in [0, 0.1) is 6.92 Å². The molecule has 0 amide bonds. The van der Waals surface area contributed by atoms with E-state index in [9.17, 15) is 0 Å². The third kappa shape index (κ3) is 4.56. The maximum absolute atomic E-state index is 5.97. The fourth-order valence-electron chi connectivity index (χ4n) is 2.26. The summed E-state index contributed by atoms with van der Waals surface area (Å²) in [7, 11) is 0. The summed E-state index contributed by atoms with van der Waals surface area (Å²) in [6.45, 7) is 2.60. The lowest BCUT2D eigenvalue weighted by atomic mass is 10.2. The molecule has 24 heavy (non-hydrogen) atoms. The fourth-order valence-corrected chi connectivity index (χ4v) is 2.64. The molecular weight excluding hydrogens is 362 g/mol. The van der Waals surface area contributed by atoms with Crippen LogP contribution in [0.5, 0.6) is 5.75 Å². The van der Waals surface area contributed by atoms with Gasteiger partial charge in [-0.15, -0.1) is 0 Å². The third-order valence-electron chi connectivity index (χ3n) is 3.60. The molecule has 0 aromatic heterocycles. The van der Waals surface area contributed by atoms with Gasteiger partial charge in [0.25, 0.3) is 0 Å². The summed E-state index contributed by atoms with van der Waals surface area (Å²) in [5, 5.41) is 0. The van der Waals surface area contributed by atoms with Crippen LogP contribution in [0.15, 0.2) is 82.3 Å². The highest BCUT2D eigenvalue weighted by atomic mass is 79.9. The van der Waals surface area contributed by atoms with Crippen LogP contribution < -0.4 is 4.74 Å². The van der Waals surface area contributed by atoms with Gasteiger partial charge >= 0.3 is 0 Å². The Morgan fingerprint density at radius 2 is 1.71 bits per heavy atom. The smallest absolute Gasteiger partial charge is 0.128 e. The van der Waals surface area contributed by atoms with Gasteiger partial charge in [-0.3, -0.25) is 4.99 Å². The van der Waals surface area contributed by atoms with E-state index >= 15 is 0 Å². The average molecular weight is 380 g/mol. The maximum Gasteiger partial charge on any atom is 0.128 e. The first-order valence-corrected chi connectivity index (χ1v) is 8.57. The molecule has 0 bridgehead atoms. The Hall–Kier alpha value is -2.39. The van der Waals surface area contributed by atoms with E-state index < -0.39 is 0 Å². The van der Waals surface area contributed by atoms with E-state index in [1.807, 2.05) is 54.7 Å². The lowest BCUT2D eigenvalue weighted by Gasteiger charge is -2.09. The molecule has 0 saturated heterocycles. The Bertz CT molecular complexity index is 826. The van der Waals surface area contributed by atoms with Gasteiger partial charge in [0, 0.05) is 16.3 Å². The Kier molecular flexibility index (Phi) is 5.44. The predicted molar refractivity (Wildman–Crippen MR) is 103 cm³/mol. The summed E-state index contributed by atoms with van der Waals surface area (Å²) in [4.78, 5) is 4.55. The molecule has 0 heterocycles. The first kappa shape index (κ1) is 16.5. The van der Waals surface area contributed by atoms with E-state index in [2.05, 4.69) is 52.1 Å². The van der Waals surface area contributed by atoms with E-state index in [-0.39, 0.29) is 0 Å². The summed E-state index contributed by atoms with van der Waals surface area (Å²) >= 11 is 3.51. The van der Waals surface area contributed by atoms with Crippen molar-refractivity contribution >= 4 is 27.8 Å². The first-order valence-electron chi connectivity index (χ1n) is 7.78. The Balaban J connectivity index is 1.79. The van der Waals surface area contributed by atoms with Crippen LogP contribution in [-0.2, 0) is 6.61 Å². The average Bonchev–Trinajstić information content (AvgIpc) is 2.61. The largest absolute Gasteiger partial charge is 0.488 e. The molecule has 3 aromatic carbocycles. The molecule has 2 nitrogen and oxygen atoms in total. The lowest BCUT2D eigenvalue weighted by Crippen LogP contribution is -1.98. The van der Waals surface area contributed by atoms with Crippen LogP contribution in [0.3, 0.4) is 0 Å². The minimum Gasteiger partial charge on any atom is -0.488 e. The van der Waals surface area contributed by atoms with Crippen LogP contribution >= 0.6 is 15.9 Å². The Morgan fingerprint density at radius 1 is 0.958 bits per heavy atom. The van der Waals surface area contributed by atoms with Gasteiger partial charge in [-0.2, -0.15) is 0 Å². The quantitative estimate of drug-likeness (QED) is 0.491. The third-order valence-corrected chi connectivity index (χ3v) is 4.09. The van der Waals surface area contributed by atoms with Gasteiger partial charge in [-0.05, 0) is 42.8 Å². The summed E-state index contributed by atoms with van der Waals surface area (Å²) in [6, 6.07) is 24.2. The van der Waals surface area contributed by atoms with E-state index in [1.165, 1.54) is 5.56 Å². The number of nitrogens with zero attached hydrogens (tertiary/aromatic N) is 1. The molecule has 3 rings (SSSR count). The minimum atomic E-state index is 0.536. The topological polar surface area (TPSA) is 21.6 Å². The number of rotatable bonds is 5. The number of benzene rings is 3. The van der Waals surface area contributed by atoms with Gasteiger partial charge < -0.3 is 4.74 Å². The SMILES string of the molecule is Cc1ccc(N=Cc2cc(Br)ccc2OCc2ccccc2)cc1. The van der Waals surface area contributed by atoms with Gasteiger partial charge in [-0.1, -0.05) is 64.0 Å². The molecule has 3 heteroatoms. The van der Waals surface area contributed by atoms with E-state index in [0.29, 0.717) is 6.61 Å². The van der Waals surface area contributed by atoms with Gasteiger partial charge in [0.2, 0.25) is 0 Å². The Labute approximate surface area is 151 Å². The second-order valence-corrected chi connectivity index (χ2v) is 6.47. The zero-order valence-corrected chi connectivity index (χ0v) is 15.0. The van der Waals surface area contributed by atoms with Crippen LogP contribution in [0.2, 0.25) is 0 Å². The Morgan fingerprint density at radius 3 is 2.46 bits per heavy atom. The van der Waals surface area contributed by atoms with Crippen molar-refractivity contribution in [3.8, 4) is 5.75 Å². The van der Waals surface area contributed by atoms with Gasteiger partial charge in [0.1, 0.15) is 12.4 Å². The molecular formula is C21H18BrNO. The highest BCUT2D eigenvalue weighted by molar-refractivity contribution is 9.10. The van der Waals surface area contributed by atoms with Crippen molar-refractivity contribution in [2.45, 2.75) is 13.5 Å². The molecule has 0 spiro atoms. The molecule has 0 aliphatic rings. The summed E-state index contributed by atoms with van der Waals surface area (Å²) in [5.41, 5.74) is 4.24. The second kappa shape index (κ2) is 7.93. The fraction of sp³-hybridized carbons (Fsp3) is 0.0952. The number of aliphatic imine (C=N–C) groups is 1. The molecule has 0 aliphatic heterocycles. The van der Waals surface area contributed by atoms with Crippen molar-refractivity contribution in [1.82, 2.24) is 0 Å². The van der Waals surface area contributed by atoms with Gasteiger partial charge in [0.05, 0.1) is 5.69 Å². The number of aryl methyl sites for hydroxylation is 1. The van der Waals surface area contributed by atoms with Crippen LogP contribution in [-0.4, -0.2) is 6.21 Å². The van der Waals surface area contributed by atoms with Crippen molar-refractivity contribution in [2.24, 2.45) is 4.99 Å². The van der Waals surface area contributed by atoms with E-state index in [4.69, 9.17) is 4.74 Å². The zero-order valence-electron chi connectivity index (χ0n) is 13.4. The molecule has 0 aliphatic carbocycles. The van der Waals surface area contributed by atoms with Crippen molar-refractivity contribution < 1.29 is 4.74 Å². The van der Waals surface area contributed by atoms with Crippen molar-refractivity contribution in [3.63, 3.8) is 0 Å². The summed E-state index contributed by atoms with van der Waals surface area (Å²) in [5.74, 6) is 0.818. The van der Waals surface area contributed by atoms with Gasteiger partial charge in [-0.25, -0.2) is 0 Å². The van der Waals surface area contributed by atoms with Crippen molar-refractivity contribution in [1.29, 1.82) is 0 Å². The molecule has 0 radical (unpaired) electrons. The van der Waals surface area contributed by atoms with Crippen LogP contribution in [0.1, 0.15) is 16.7 Å². The lowest BCUT2D eigenvalue weighted by molar-refractivity contribution is 0.306. The summed E-state index contributed by atoms with van der Waals surface area (Å²) < 4.78 is 6.97. The normalized spacial score (nSPS) is 10.9. The first-order chi connectivity index (χ1) is 11.7. The zero-order chi connectivity index (χ0) is 16.8. The van der Waals surface area contributed by atoms with Crippen molar-refractivity contribution in [2.75, 3.05) is 0 Å². The number of hydrogen-bond donors (Lipinski definition) is 0. The maximum atomic E-state index is 5.97. The number of halogens is 1. The molecule has 0 N–H and O–H groups in total. The van der Waals surface area contributed by atoms with Crippen LogP contribution in [0.25, 0.3) is 0 Å². The molecule has 120 valence electrons. The monoisotopic (exact) mass is 379 g/mol. The predicted octanol–water partition coefficient (Wildman–Crippen LogP) is 6.09. The summed E-state index contributed by atoms with van der Waals surface area (Å²) in [6.07, 6.45) is 1.84. The number of ether oxygens (including phenoxy) is 1. The molecule has 0 unspecified atom stereocenters. The van der Waals surface area contributed by atoms with Gasteiger partial charge in [0.15, 0.2) is 0 Å². The van der Waals surface area contributed by atoms with Crippen LogP contribution in [0.4, 0.5) is 5.69 Å². The minimum absolute atomic E-state index is 0.536. The van der Waals surface area contributed by atoms with Crippen molar-refractivity contribution in [3.05, 3.63) is 94.0 Å². The molecule has 3 aromatic rings. The second-order valence-electron chi connectivity index (χ2n) is 5.55. The highest BCUT2D eigenvalue weighted by Gasteiger charge is 2.03. The van der Waals surface area contributed by atoms with E-state index in [1.54, 1.807) is 0 Å². The highest BCUT2D eigenvalue weighted by Crippen LogP contribution is 2.24. The standard InChI is InChI=1S/C21H18BrNO/c1-16-7-10-20(11-8-16)23-14-18-13-19(22)9-12-21(18)24-15-17-5-3-2-4-6-17/h2-14H,15H2,1H3. The molecule has 0 saturated carbocycles. The van der Waals surface area contributed by atoms with E-state index in [0.717, 1.165) is 27.0 Å². The molecule has 0 atom stereocenters.